The van der Waals surface area contributed by atoms with Crippen molar-refractivity contribution in [2.45, 2.75) is 77.0 Å². The molecule has 1 aromatic heterocycles. The zero-order chi connectivity index (χ0) is 25.7. The molecule has 4 saturated carbocycles. The second-order valence-corrected chi connectivity index (χ2v) is 12.6. The number of hydrogen-bond donors (Lipinski definition) is 2. The van der Waals surface area contributed by atoms with Gasteiger partial charge in [0.05, 0.1) is 17.1 Å². The number of aryl methyl sites for hydroxylation is 3. The number of benzene rings is 2. The van der Waals surface area contributed by atoms with Crippen LogP contribution in [0.3, 0.4) is 0 Å². The molecule has 0 radical (unpaired) electrons. The summed E-state index contributed by atoms with van der Waals surface area (Å²) in [6.45, 7) is 0. The smallest absolute Gasteiger partial charge is 0.225 e. The lowest BCUT2D eigenvalue weighted by atomic mass is 9.48. The summed E-state index contributed by atoms with van der Waals surface area (Å²) >= 11 is 0. The maximum atomic E-state index is 13.1. The topological polar surface area (TPSA) is 75.1 Å². The number of fused-ring (bicyclic) bond motifs is 3. The van der Waals surface area contributed by atoms with E-state index in [0.717, 1.165) is 78.1 Å². The Kier molecular flexibility index (Phi) is 5.98. The van der Waals surface area contributed by atoms with Gasteiger partial charge in [0.25, 0.3) is 0 Å². The van der Waals surface area contributed by atoms with Gasteiger partial charge in [-0.3, -0.25) is 4.79 Å². The normalized spacial score (nSPS) is 26.6. The first kappa shape index (κ1) is 23.9. The van der Waals surface area contributed by atoms with Gasteiger partial charge in [-0.25, -0.2) is 9.97 Å². The fourth-order valence-corrected chi connectivity index (χ4v) is 8.54. The van der Waals surface area contributed by atoms with E-state index in [9.17, 15) is 9.90 Å². The molecular weight excluding hydrogens is 470 g/mol. The second-order valence-electron chi connectivity index (χ2n) is 12.6. The van der Waals surface area contributed by atoms with Gasteiger partial charge in [0.15, 0.2) is 5.82 Å². The van der Waals surface area contributed by atoms with Crippen LogP contribution in [0.25, 0.3) is 11.3 Å². The number of rotatable bonds is 7. The number of nitrogens with one attached hydrogen (secondary N) is 1. The van der Waals surface area contributed by atoms with Crippen LogP contribution in [0.2, 0.25) is 0 Å². The molecule has 196 valence electrons. The van der Waals surface area contributed by atoms with Crippen molar-refractivity contribution in [2.75, 3.05) is 5.32 Å². The van der Waals surface area contributed by atoms with Crippen molar-refractivity contribution in [1.29, 1.82) is 0 Å². The second kappa shape index (κ2) is 9.52. The van der Waals surface area contributed by atoms with Crippen LogP contribution in [0, 0.1) is 23.2 Å². The van der Waals surface area contributed by atoms with Gasteiger partial charge in [-0.2, -0.15) is 0 Å². The third-order valence-corrected chi connectivity index (χ3v) is 9.69. The van der Waals surface area contributed by atoms with E-state index in [1.54, 1.807) is 6.07 Å². The van der Waals surface area contributed by atoms with E-state index < -0.39 is 0 Å². The number of phenols is 1. The number of carbonyl (C=O) groups is 1. The first-order chi connectivity index (χ1) is 18.5. The van der Waals surface area contributed by atoms with Gasteiger partial charge in [-0.1, -0.05) is 30.3 Å². The van der Waals surface area contributed by atoms with E-state index in [-0.39, 0.29) is 5.91 Å². The van der Waals surface area contributed by atoms with Gasteiger partial charge >= 0.3 is 0 Å². The summed E-state index contributed by atoms with van der Waals surface area (Å²) in [6, 6.07) is 16.0. The van der Waals surface area contributed by atoms with Gasteiger partial charge < -0.3 is 10.4 Å². The van der Waals surface area contributed by atoms with E-state index in [4.69, 9.17) is 9.97 Å². The highest BCUT2D eigenvalue weighted by molar-refractivity contribution is 5.90. The minimum absolute atomic E-state index is 0.0306. The highest BCUT2D eigenvalue weighted by Crippen LogP contribution is 2.61. The molecule has 4 fully saturated rings. The van der Waals surface area contributed by atoms with Gasteiger partial charge in [0, 0.05) is 12.0 Å². The molecule has 2 N–H and O–H groups in total. The van der Waals surface area contributed by atoms with Crippen molar-refractivity contribution in [3.8, 4) is 17.0 Å². The summed E-state index contributed by atoms with van der Waals surface area (Å²) in [5.74, 6) is 3.62. The molecule has 3 aromatic rings. The van der Waals surface area contributed by atoms with Crippen molar-refractivity contribution < 1.29 is 9.90 Å². The Morgan fingerprint density at radius 2 is 1.68 bits per heavy atom. The van der Waals surface area contributed by atoms with Gasteiger partial charge in [0.2, 0.25) is 5.91 Å². The van der Waals surface area contributed by atoms with E-state index in [1.165, 1.54) is 44.1 Å². The number of phenolic OH excluding ortho intramolecular Hbond substituents is 1. The molecule has 0 unspecified atom stereocenters. The lowest BCUT2D eigenvalue weighted by Crippen LogP contribution is -2.47. The van der Waals surface area contributed by atoms with Crippen molar-refractivity contribution in [1.82, 2.24) is 9.97 Å². The van der Waals surface area contributed by atoms with Crippen molar-refractivity contribution in [3.05, 3.63) is 71.0 Å². The Morgan fingerprint density at radius 1 is 0.947 bits per heavy atom. The van der Waals surface area contributed by atoms with Crippen LogP contribution in [-0.4, -0.2) is 21.0 Å². The maximum absolute atomic E-state index is 13.1. The Hall–Kier alpha value is -3.21. The molecule has 5 aliphatic rings. The fraction of sp³-hybridized carbons (Fsp3) is 0.485. The predicted molar refractivity (Wildman–Crippen MR) is 149 cm³/mol. The summed E-state index contributed by atoms with van der Waals surface area (Å²) in [5.41, 5.74) is 6.63. The molecule has 5 nitrogen and oxygen atoms in total. The molecule has 1 heterocycles. The number of aromatic nitrogens is 2. The number of hydrogen-bond acceptors (Lipinski definition) is 4. The zero-order valence-electron chi connectivity index (χ0n) is 22.1. The molecular formula is C33H37N3O2. The highest BCUT2D eigenvalue weighted by atomic mass is 16.3. The number of nitrogens with zero attached hydrogens (tertiary/aromatic N) is 2. The third kappa shape index (κ3) is 4.61. The molecule has 1 amide bonds. The fourth-order valence-electron chi connectivity index (χ4n) is 8.54. The standard InChI is InChI=1S/C33H37N3O2/c37-26-10-11-27-25(16-26)9-12-28-31(27)34-29(20-33-17-22-13-23(18-33)15-24(14-22)19-33)32(35-28)36-30(38)8-4-7-21-5-2-1-3-6-21/h1-3,5-6,10-11,16,22-24,37H,4,7-9,12-15,17-20H2,(H,35,36,38). The number of amides is 1. The van der Waals surface area contributed by atoms with Crippen molar-refractivity contribution in [2.24, 2.45) is 23.2 Å². The Bertz CT molecular complexity index is 1330. The van der Waals surface area contributed by atoms with Gasteiger partial charge in [-0.15, -0.1) is 0 Å². The number of carbonyl (C=O) groups excluding carboxylic acids is 1. The van der Waals surface area contributed by atoms with Crippen LogP contribution in [0.4, 0.5) is 5.82 Å². The Morgan fingerprint density at radius 3 is 2.42 bits per heavy atom. The quantitative estimate of drug-likeness (QED) is 0.375. The SMILES string of the molecule is O=C(CCCc1ccccc1)Nc1nc2c(nc1CC13CC4CC(CC(C4)C1)C3)-c1ccc(O)cc1CC2. The molecule has 0 saturated heterocycles. The van der Waals surface area contributed by atoms with Crippen molar-refractivity contribution >= 4 is 11.7 Å². The highest BCUT2D eigenvalue weighted by Gasteiger charge is 2.51. The Balaban J connectivity index is 1.17. The molecule has 5 heteroatoms. The minimum Gasteiger partial charge on any atom is -0.508 e. The molecule has 38 heavy (non-hydrogen) atoms. The average molecular weight is 508 g/mol. The number of aromatic hydroxyl groups is 1. The van der Waals surface area contributed by atoms with Crippen LogP contribution >= 0.6 is 0 Å². The van der Waals surface area contributed by atoms with E-state index in [2.05, 4.69) is 17.4 Å². The molecule has 0 spiro atoms. The largest absolute Gasteiger partial charge is 0.508 e. The first-order valence-electron chi connectivity index (χ1n) is 14.6. The van der Waals surface area contributed by atoms with Gasteiger partial charge in [-0.05, 0) is 123 Å². The summed E-state index contributed by atoms with van der Waals surface area (Å²) < 4.78 is 0. The minimum atomic E-state index is 0.0306. The molecule has 5 aliphatic carbocycles. The lowest BCUT2D eigenvalue weighted by Gasteiger charge is -2.57. The van der Waals surface area contributed by atoms with Crippen molar-refractivity contribution in [3.63, 3.8) is 0 Å². The molecule has 0 aliphatic heterocycles. The molecule has 4 bridgehead atoms. The molecule has 8 rings (SSSR count). The lowest BCUT2D eigenvalue weighted by molar-refractivity contribution is -0.116. The maximum Gasteiger partial charge on any atom is 0.225 e. The average Bonchev–Trinajstić information content (AvgIpc) is 2.88. The van der Waals surface area contributed by atoms with Crippen LogP contribution < -0.4 is 5.32 Å². The van der Waals surface area contributed by atoms with E-state index in [1.807, 2.05) is 30.3 Å². The summed E-state index contributed by atoms with van der Waals surface area (Å²) in [7, 11) is 0. The monoisotopic (exact) mass is 507 g/mol. The van der Waals surface area contributed by atoms with E-state index >= 15 is 0 Å². The van der Waals surface area contributed by atoms with E-state index in [0.29, 0.717) is 23.4 Å². The predicted octanol–water partition coefficient (Wildman–Crippen LogP) is 6.67. The van der Waals surface area contributed by atoms with Crippen LogP contribution in [0.5, 0.6) is 5.75 Å². The van der Waals surface area contributed by atoms with Crippen LogP contribution in [0.1, 0.15) is 73.9 Å². The third-order valence-electron chi connectivity index (χ3n) is 9.69. The van der Waals surface area contributed by atoms with Crippen LogP contribution in [0.15, 0.2) is 48.5 Å². The summed E-state index contributed by atoms with van der Waals surface area (Å²) in [4.78, 5) is 23.5. The summed E-state index contributed by atoms with van der Waals surface area (Å²) in [6.07, 6.45) is 12.8. The van der Waals surface area contributed by atoms with Gasteiger partial charge in [0.1, 0.15) is 5.75 Å². The molecule has 2 aromatic carbocycles. The Labute approximate surface area is 225 Å². The molecule has 0 atom stereocenters. The zero-order valence-corrected chi connectivity index (χ0v) is 22.1. The first-order valence-corrected chi connectivity index (χ1v) is 14.6. The number of anilines is 1. The summed E-state index contributed by atoms with van der Waals surface area (Å²) in [5, 5.41) is 13.2. The van der Waals surface area contributed by atoms with Crippen LogP contribution in [-0.2, 0) is 30.5 Å².